The van der Waals surface area contributed by atoms with Gasteiger partial charge < -0.3 is 25.8 Å². The minimum Gasteiger partial charge on any atom is -0.344 e. The van der Waals surface area contributed by atoms with E-state index in [4.69, 9.17) is 11.6 Å². The first-order valence-corrected chi connectivity index (χ1v) is 13.5. The van der Waals surface area contributed by atoms with E-state index in [1.54, 1.807) is 6.07 Å². The molecule has 3 aliphatic rings. The maximum atomic E-state index is 13.2. The van der Waals surface area contributed by atoms with Crippen LogP contribution >= 0.6 is 35.3 Å². The Hall–Kier alpha value is -2.31. The van der Waals surface area contributed by atoms with Gasteiger partial charge in [0.2, 0.25) is 0 Å². The quantitative estimate of drug-likeness (QED) is 0.456. The van der Waals surface area contributed by atoms with Crippen LogP contribution < -0.4 is 16.0 Å². The largest absolute Gasteiger partial charge is 0.344 e. The summed E-state index contributed by atoms with van der Waals surface area (Å²) >= 11 is 7.26. The molecule has 0 unspecified atom stereocenters. The van der Waals surface area contributed by atoms with E-state index in [0.717, 1.165) is 43.2 Å². The zero-order valence-corrected chi connectivity index (χ0v) is 22.9. The first-order chi connectivity index (χ1) is 17.3. The molecule has 2 aromatic rings. The molecule has 2 aromatic heterocycles. The molecule has 0 bridgehead atoms. The lowest BCUT2D eigenvalue weighted by Crippen LogP contribution is -2.61. The van der Waals surface area contributed by atoms with Crippen LogP contribution in [0.4, 0.5) is 5.82 Å². The van der Waals surface area contributed by atoms with E-state index in [1.807, 2.05) is 0 Å². The van der Waals surface area contributed by atoms with Gasteiger partial charge in [-0.3, -0.25) is 14.4 Å². The molecular weight excluding hydrogens is 537 g/mol. The number of pyridine rings is 1. The molecule has 0 radical (unpaired) electrons. The van der Waals surface area contributed by atoms with Crippen LogP contribution in [0, 0.1) is 5.92 Å². The minimum atomic E-state index is -0.813. The van der Waals surface area contributed by atoms with Gasteiger partial charge in [-0.15, -0.1) is 23.7 Å². The summed E-state index contributed by atoms with van der Waals surface area (Å²) in [4.78, 5) is 52.6. The van der Waals surface area contributed by atoms with Gasteiger partial charge >= 0.3 is 11.8 Å². The number of thiazole rings is 1. The second-order valence-electron chi connectivity index (χ2n) is 9.84. The fourth-order valence-electron chi connectivity index (χ4n) is 4.68. The second-order valence-corrected chi connectivity index (χ2v) is 11.4. The van der Waals surface area contributed by atoms with Gasteiger partial charge in [-0.25, -0.2) is 9.97 Å². The van der Waals surface area contributed by atoms with Gasteiger partial charge in [0.25, 0.3) is 5.91 Å². The molecule has 2 fully saturated rings. The molecule has 37 heavy (non-hydrogen) atoms. The number of likely N-dealkylation sites (tertiary alicyclic amines) is 1. The van der Waals surface area contributed by atoms with Crippen LogP contribution in [0.15, 0.2) is 18.3 Å². The summed E-state index contributed by atoms with van der Waals surface area (Å²) in [7, 11) is 2.06. The van der Waals surface area contributed by atoms with Gasteiger partial charge in [0.1, 0.15) is 5.82 Å². The minimum absolute atomic E-state index is 0. The number of piperidine rings is 1. The Kier molecular flexibility index (Phi) is 9.02. The number of hydrogen-bond donors (Lipinski definition) is 3. The summed E-state index contributed by atoms with van der Waals surface area (Å²) in [6.07, 6.45) is 5.35. The van der Waals surface area contributed by atoms with E-state index >= 15 is 0 Å². The summed E-state index contributed by atoms with van der Waals surface area (Å²) in [5, 5.41) is 9.31. The number of likely N-dealkylation sites (N-methyl/N-ethyl adjacent to an activating group) is 1. The normalized spacial score (nSPS) is 21.9. The van der Waals surface area contributed by atoms with Gasteiger partial charge in [0.05, 0.1) is 22.8 Å². The van der Waals surface area contributed by atoms with Crippen LogP contribution in [0.25, 0.3) is 0 Å². The highest BCUT2D eigenvalue weighted by atomic mass is 35.5. The molecule has 2 atom stereocenters. The second kappa shape index (κ2) is 12.0. The number of carbonyl (C=O) groups is 3. The zero-order chi connectivity index (χ0) is 25.2. The fraction of sp³-hybridized carbons (Fsp3) is 0.542. The van der Waals surface area contributed by atoms with Gasteiger partial charge in [0.15, 0.2) is 5.01 Å². The Morgan fingerprint density at radius 3 is 2.65 bits per heavy atom. The summed E-state index contributed by atoms with van der Waals surface area (Å²) in [5.74, 6) is -0.856. The van der Waals surface area contributed by atoms with Crippen molar-refractivity contribution in [2.75, 3.05) is 38.5 Å². The number of carbonyl (C=O) groups excluding carboxylic acids is 3. The molecule has 2 aliphatic heterocycles. The molecule has 13 heteroatoms. The van der Waals surface area contributed by atoms with Gasteiger partial charge in [-0.1, -0.05) is 11.6 Å². The number of anilines is 1. The number of halogens is 2. The first kappa shape index (κ1) is 27.7. The lowest BCUT2D eigenvalue weighted by atomic mass is 9.98. The maximum Gasteiger partial charge on any atom is 0.314 e. The Bertz CT molecular complexity index is 1140. The first-order valence-electron chi connectivity index (χ1n) is 12.3. The number of amides is 3. The summed E-state index contributed by atoms with van der Waals surface area (Å²) < 4.78 is 0. The van der Waals surface area contributed by atoms with Crippen LogP contribution in [0.5, 0.6) is 0 Å². The Labute approximate surface area is 230 Å². The molecule has 1 aliphatic carbocycles. The van der Waals surface area contributed by atoms with Crippen LogP contribution in [0.3, 0.4) is 0 Å². The highest BCUT2D eigenvalue weighted by Gasteiger charge is 2.36. The number of rotatable bonds is 6. The van der Waals surface area contributed by atoms with Gasteiger partial charge in [-0.2, -0.15) is 0 Å². The molecule has 0 spiro atoms. The van der Waals surface area contributed by atoms with E-state index in [0.29, 0.717) is 28.9 Å². The molecule has 4 heterocycles. The number of hydrogen-bond acceptors (Lipinski definition) is 8. The van der Waals surface area contributed by atoms with Gasteiger partial charge in [-0.05, 0) is 44.4 Å². The SMILES string of the molecule is CN1CCc2nc(C(=O)N[C@@H]3CN(CC4CC4)CC[C@@H]3NC(=O)C(=O)Nc3ccc(Cl)cn3)sc2C1.Cl. The molecule has 1 saturated heterocycles. The van der Waals surface area contributed by atoms with E-state index in [2.05, 4.69) is 42.8 Å². The third kappa shape index (κ3) is 7.17. The van der Waals surface area contributed by atoms with E-state index in [1.165, 1.54) is 36.4 Å². The molecule has 10 nitrogen and oxygen atoms in total. The van der Waals surface area contributed by atoms with Crippen LogP contribution in [0.1, 0.15) is 39.6 Å². The highest BCUT2D eigenvalue weighted by molar-refractivity contribution is 7.13. The van der Waals surface area contributed by atoms with Crippen molar-refractivity contribution in [2.45, 2.75) is 44.3 Å². The molecule has 1 saturated carbocycles. The third-order valence-corrected chi connectivity index (χ3v) is 8.14. The van der Waals surface area contributed by atoms with Crippen molar-refractivity contribution in [1.29, 1.82) is 0 Å². The number of nitrogens with zero attached hydrogens (tertiary/aromatic N) is 4. The fourth-order valence-corrected chi connectivity index (χ4v) is 5.88. The van der Waals surface area contributed by atoms with Crippen LogP contribution in [0.2, 0.25) is 5.02 Å². The van der Waals surface area contributed by atoms with E-state index in [9.17, 15) is 14.4 Å². The van der Waals surface area contributed by atoms with Gasteiger partial charge in [0, 0.05) is 50.2 Å². The van der Waals surface area contributed by atoms with Crippen molar-refractivity contribution in [3.63, 3.8) is 0 Å². The monoisotopic (exact) mass is 567 g/mol. The van der Waals surface area contributed by atoms with Crippen molar-refractivity contribution in [2.24, 2.45) is 5.92 Å². The van der Waals surface area contributed by atoms with Crippen molar-refractivity contribution in [3.05, 3.63) is 38.9 Å². The average molecular weight is 569 g/mol. The topological polar surface area (TPSA) is 120 Å². The van der Waals surface area contributed by atoms with Crippen molar-refractivity contribution >= 4 is 58.9 Å². The maximum absolute atomic E-state index is 13.2. The van der Waals surface area contributed by atoms with E-state index in [-0.39, 0.29) is 36.2 Å². The zero-order valence-electron chi connectivity index (χ0n) is 20.5. The van der Waals surface area contributed by atoms with Crippen LogP contribution in [-0.4, -0.2) is 82.8 Å². The van der Waals surface area contributed by atoms with Crippen molar-refractivity contribution in [3.8, 4) is 0 Å². The average Bonchev–Trinajstić information content (AvgIpc) is 3.57. The summed E-state index contributed by atoms with van der Waals surface area (Å²) in [5.41, 5.74) is 1.000. The highest BCUT2D eigenvalue weighted by Crippen LogP contribution is 2.31. The lowest BCUT2D eigenvalue weighted by molar-refractivity contribution is -0.137. The number of aromatic nitrogens is 2. The van der Waals surface area contributed by atoms with Crippen molar-refractivity contribution in [1.82, 2.24) is 30.4 Å². The Morgan fingerprint density at radius 1 is 1.11 bits per heavy atom. The predicted octanol–water partition coefficient (Wildman–Crippen LogP) is 1.94. The summed E-state index contributed by atoms with van der Waals surface area (Å²) in [6, 6.07) is 2.40. The molecule has 200 valence electrons. The van der Waals surface area contributed by atoms with E-state index < -0.39 is 11.8 Å². The third-order valence-electron chi connectivity index (χ3n) is 6.83. The molecule has 5 rings (SSSR count). The lowest BCUT2D eigenvalue weighted by Gasteiger charge is -2.39. The Balaban J connectivity index is 0.00000320. The predicted molar refractivity (Wildman–Crippen MR) is 144 cm³/mol. The van der Waals surface area contributed by atoms with Crippen LogP contribution in [-0.2, 0) is 22.6 Å². The van der Waals surface area contributed by atoms with Crippen molar-refractivity contribution < 1.29 is 14.4 Å². The standard InChI is InChI=1S/C24H30ClN7O3S.ClH/c1-31-8-6-17-19(13-31)36-24(29-17)23(35)28-18-12-32(11-14-2-3-14)9-7-16(18)27-21(33)22(34)30-20-5-4-15(25)10-26-20;/h4-5,10,14,16,18H,2-3,6-9,11-13H2,1H3,(H,27,33)(H,28,35)(H,26,30,34);1H/t16-,18+;/m0./s1. The molecular formula is C24H31Cl2N7O3S. The number of nitrogens with one attached hydrogen (secondary N) is 3. The Morgan fingerprint density at radius 2 is 1.92 bits per heavy atom. The number of fused-ring (bicyclic) bond motifs is 1. The molecule has 3 amide bonds. The smallest absolute Gasteiger partial charge is 0.314 e. The molecule has 0 aromatic carbocycles. The molecule has 3 N–H and O–H groups in total. The summed E-state index contributed by atoms with van der Waals surface area (Å²) in [6.45, 7) is 4.13.